The summed E-state index contributed by atoms with van der Waals surface area (Å²) in [5, 5.41) is 8.81. The summed E-state index contributed by atoms with van der Waals surface area (Å²) in [6.45, 7) is 0. The van der Waals surface area contributed by atoms with Gasteiger partial charge in [-0.05, 0) is 35.7 Å². The molecule has 136 valence electrons. The summed E-state index contributed by atoms with van der Waals surface area (Å²) in [7, 11) is 2.16. The van der Waals surface area contributed by atoms with Gasteiger partial charge in [-0.1, -0.05) is 42.5 Å². The lowest BCUT2D eigenvalue weighted by Crippen LogP contribution is -1.93. The summed E-state index contributed by atoms with van der Waals surface area (Å²) in [5.74, 6) is 0. The molecule has 0 unspecified atom stereocenters. The normalized spacial score (nSPS) is 12.3. The highest BCUT2D eigenvalue weighted by Crippen LogP contribution is 2.38. The molecular weight excluding hydrogens is 354 g/mol. The van der Waals surface area contributed by atoms with Gasteiger partial charge in [-0.2, -0.15) is 0 Å². The highest BCUT2D eigenvalue weighted by Gasteiger charge is 2.16. The van der Waals surface area contributed by atoms with Crippen LogP contribution >= 0.6 is 0 Å². The lowest BCUT2D eigenvalue weighted by atomic mass is 10.0. The van der Waals surface area contributed by atoms with E-state index in [-0.39, 0.29) is 0 Å². The predicted molar refractivity (Wildman–Crippen MR) is 122 cm³/mol. The van der Waals surface area contributed by atoms with Gasteiger partial charge in [0.15, 0.2) is 0 Å². The smallest absolute Gasteiger partial charge is 0.145 e. The van der Waals surface area contributed by atoms with E-state index in [1.807, 2.05) is 12.3 Å². The molecule has 4 heterocycles. The summed E-state index contributed by atoms with van der Waals surface area (Å²) in [5.41, 5.74) is 4.75. The number of aromatic nitrogens is 3. The van der Waals surface area contributed by atoms with E-state index in [2.05, 4.69) is 88.9 Å². The number of pyridine rings is 2. The fraction of sp³-hybridized carbons (Fsp3) is 0.0385. The molecule has 0 atom stereocenters. The van der Waals surface area contributed by atoms with E-state index < -0.39 is 0 Å². The Hall–Kier alpha value is -3.85. The molecule has 3 nitrogen and oxygen atoms in total. The van der Waals surface area contributed by atoms with Crippen LogP contribution in [0.25, 0.3) is 59.9 Å². The molecular formula is C26H17N3. The highest BCUT2D eigenvalue weighted by molar-refractivity contribution is 6.24. The van der Waals surface area contributed by atoms with Crippen LogP contribution in [0.5, 0.6) is 0 Å². The van der Waals surface area contributed by atoms with Gasteiger partial charge in [0.1, 0.15) is 5.65 Å². The van der Waals surface area contributed by atoms with Crippen molar-refractivity contribution in [3.63, 3.8) is 0 Å². The number of hydrogen-bond acceptors (Lipinski definition) is 1. The molecule has 0 aliphatic rings. The van der Waals surface area contributed by atoms with Gasteiger partial charge in [0.25, 0.3) is 0 Å². The second kappa shape index (κ2) is 5.15. The topological polar surface area (TPSA) is 22.2 Å². The molecule has 0 saturated carbocycles. The van der Waals surface area contributed by atoms with E-state index in [9.17, 15) is 0 Å². The van der Waals surface area contributed by atoms with Crippen LogP contribution in [0.3, 0.4) is 0 Å². The standard InChI is InChI=1S/C26H17N3/c1-28-23-11-5-4-9-18(23)21-13-20-19-10-6-12-27-26(19)29-15-16-7-2-3-8-17(16)25(29)22(20)14-24(21)28/h2-15H,1H3. The van der Waals surface area contributed by atoms with Gasteiger partial charge in [0, 0.05) is 62.8 Å². The van der Waals surface area contributed by atoms with Crippen LogP contribution in [0.2, 0.25) is 0 Å². The van der Waals surface area contributed by atoms with E-state index in [1.165, 1.54) is 54.3 Å². The van der Waals surface area contributed by atoms with Crippen molar-refractivity contribution in [1.29, 1.82) is 0 Å². The summed E-state index contributed by atoms with van der Waals surface area (Å²) < 4.78 is 4.57. The largest absolute Gasteiger partial charge is 0.344 e. The molecule has 0 bridgehead atoms. The summed E-state index contributed by atoms with van der Waals surface area (Å²) in [4.78, 5) is 4.76. The minimum absolute atomic E-state index is 1.01. The third-order valence-corrected chi connectivity index (χ3v) is 6.34. The molecule has 0 saturated heterocycles. The Bertz CT molecular complexity index is 1770. The van der Waals surface area contributed by atoms with E-state index in [1.54, 1.807) is 0 Å². The van der Waals surface area contributed by atoms with Crippen molar-refractivity contribution in [2.75, 3.05) is 0 Å². The van der Waals surface area contributed by atoms with Crippen LogP contribution in [-0.2, 0) is 7.05 Å². The number of fused-ring (bicyclic) bond motifs is 11. The van der Waals surface area contributed by atoms with Gasteiger partial charge in [0.05, 0.1) is 5.52 Å². The molecule has 0 aliphatic heterocycles. The Morgan fingerprint density at radius 3 is 2.38 bits per heavy atom. The second-order valence-corrected chi connectivity index (χ2v) is 7.80. The summed E-state index contributed by atoms with van der Waals surface area (Å²) in [6.07, 6.45) is 4.10. The van der Waals surface area contributed by atoms with Crippen LogP contribution in [-0.4, -0.2) is 14.0 Å². The molecule has 4 aromatic heterocycles. The molecule has 0 aliphatic carbocycles. The average Bonchev–Trinajstić information content (AvgIpc) is 3.30. The quantitative estimate of drug-likeness (QED) is 0.281. The van der Waals surface area contributed by atoms with E-state index in [4.69, 9.17) is 4.98 Å². The number of benzene rings is 3. The van der Waals surface area contributed by atoms with Crippen LogP contribution < -0.4 is 0 Å². The van der Waals surface area contributed by atoms with E-state index in [0.717, 1.165) is 5.65 Å². The minimum Gasteiger partial charge on any atom is -0.344 e. The SMILES string of the molecule is Cn1c2ccccc2c2cc3c4cccnc4n4cc5ccccc5c4c3cc21. The zero-order valence-corrected chi connectivity index (χ0v) is 15.9. The lowest BCUT2D eigenvalue weighted by molar-refractivity contribution is 1.02. The first-order chi connectivity index (χ1) is 14.3. The van der Waals surface area contributed by atoms with Crippen molar-refractivity contribution in [2.24, 2.45) is 7.05 Å². The minimum atomic E-state index is 1.01. The fourth-order valence-electron chi connectivity index (χ4n) is 5.02. The van der Waals surface area contributed by atoms with Crippen LogP contribution in [0.1, 0.15) is 0 Å². The number of aryl methyl sites for hydroxylation is 1. The zero-order chi connectivity index (χ0) is 19.1. The second-order valence-electron chi connectivity index (χ2n) is 7.80. The third kappa shape index (κ3) is 1.80. The Morgan fingerprint density at radius 2 is 1.45 bits per heavy atom. The maximum absolute atomic E-state index is 4.76. The third-order valence-electron chi connectivity index (χ3n) is 6.34. The number of para-hydroxylation sites is 1. The summed E-state index contributed by atoms with van der Waals surface area (Å²) in [6, 6.07) is 26.2. The molecule has 3 aromatic carbocycles. The van der Waals surface area contributed by atoms with Gasteiger partial charge in [-0.25, -0.2) is 4.98 Å². The average molecular weight is 371 g/mol. The van der Waals surface area contributed by atoms with Crippen molar-refractivity contribution in [1.82, 2.24) is 14.0 Å². The summed E-state index contributed by atoms with van der Waals surface area (Å²) >= 11 is 0. The monoisotopic (exact) mass is 371 g/mol. The van der Waals surface area contributed by atoms with Crippen molar-refractivity contribution in [3.05, 3.63) is 85.2 Å². The number of nitrogens with zero attached hydrogens (tertiary/aromatic N) is 3. The van der Waals surface area contributed by atoms with Crippen LogP contribution in [0.4, 0.5) is 0 Å². The van der Waals surface area contributed by atoms with Gasteiger partial charge in [-0.3, -0.25) is 4.40 Å². The van der Waals surface area contributed by atoms with Gasteiger partial charge < -0.3 is 4.57 Å². The number of rotatable bonds is 0. The first kappa shape index (κ1) is 15.1. The van der Waals surface area contributed by atoms with Gasteiger partial charge >= 0.3 is 0 Å². The molecule has 0 spiro atoms. The molecule has 0 N–H and O–H groups in total. The molecule has 7 rings (SSSR count). The molecule has 0 amide bonds. The highest BCUT2D eigenvalue weighted by atomic mass is 15.0. The van der Waals surface area contributed by atoms with Crippen molar-refractivity contribution >= 4 is 59.9 Å². The van der Waals surface area contributed by atoms with E-state index in [0.29, 0.717) is 0 Å². The Kier molecular flexibility index (Phi) is 2.68. The van der Waals surface area contributed by atoms with Crippen molar-refractivity contribution < 1.29 is 0 Å². The van der Waals surface area contributed by atoms with Gasteiger partial charge in [-0.15, -0.1) is 0 Å². The molecule has 3 heteroatoms. The fourth-order valence-corrected chi connectivity index (χ4v) is 5.02. The Balaban J connectivity index is 1.86. The van der Waals surface area contributed by atoms with Gasteiger partial charge in [0.2, 0.25) is 0 Å². The van der Waals surface area contributed by atoms with E-state index >= 15 is 0 Å². The lowest BCUT2D eigenvalue weighted by Gasteiger charge is -2.10. The van der Waals surface area contributed by atoms with Crippen LogP contribution in [0.15, 0.2) is 85.2 Å². The maximum atomic E-state index is 4.76. The molecule has 0 fully saturated rings. The Labute approximate surface area is 166 Å². The first-order valence-electron chi connectivity index (χ1n) is 9.89. The molecule has 29 heavy (non-hydrogen) atoms. The van der Waals surface area contributed by atoms with Crippen molar-refractivity contribution in [3.8, 4) is 0 Å². The van der Waals surface area contributed by atoms with Crippen LogP contribution in [0, 0.1) is 0 Å². The first-order valence-corrected chi connectivity index (χ1v) is 9.89. The molecule has 7 aromatic rings. The number of hydrogen-bond donors (Lipinski definition) is 0. The zero-order valence-electron chi connectivity index (χ0n) is 15.9. The predicted octanol–water partition coefficient (Wildman–Crippen LogP) is 6.44. The maximum Gasteiger partial charge on any atom is 0.145 e. The Morgan fingerprint density at radius 1 is 0.655 bits per heavy atom. The molecule has 0 radical (unpaired) electrons. The van der Waals surface area contributed by atoms with Crippen molar-refractivity contribution in [2.45, 2.75) is 0 Å².